The maximum Gasteiger partial charge on any atom is 0.259 e. The lowest BCUT2D eigenvalue weighted by atomic mass is 9.78. The van der Waals surface area contributed by atoms with E-state index in [1.165, 1.54) is 0 Å². The van der Waals surface area contributed by atoms with Gasteiger partial charge in [-0.2, -0.15) is 0 Å². The summed E-state index contributed by atoms with van der Waals surface area (Å²) in [6, 6.07) is 54.8. The standard InChI is InChI=1S/C74H70N6O4/c1-71(2,3)51-35-49-31-47-33-52(72(4,5)6)37-59(67(47)81)61-39-54(74(10,11)12)40-62(70(61)84-64-42-80(78-76-64)66-57-27-19-15-23-45(57)30-46-24-16-20-28-58(46)66)60-38-53(73(7,8)9)34-48(68(60)82)32-50(36-51)69(49)83-63-41-79(77-75-63)65-55-25-17-13-21-43(55)29-44-22-14-18-26-56(44)65/h13-30,33-42,81-82H,31-32H2,1-12H3. The molecule has 84 heavy (non-hydrogen) atoms. The third-order valence-electron chi connectivity index (χ3n) is 16.8. The van der Waals surface area contributed by atoms with E-state index in [2.05, 4.69) is 204 Å². The minimum atomic E-state index is -0.387. The van der Waals surface area contributed by atoms with Crippen LogP contribution in [0.4, 0.5) is 0 Å². The highest BCUT2D eigenvalue weighted by Crippen LogP contribution is 2.53. The summed E-state index contributed by atoms with van der Waals surface area (Å²) in [6.07, 6.45) is 4.25. The van der Waals surface area contributed by atoms with Gasteiger partial charge < -0.3 is 19.7 Å². The Balaban J connectivity index is 1.06. The third-order valence-corrected chi connectivity index (χ3v) is 16.8. The summed E-state index contributed by atoms with van der Waals surface area (Å²) in [5.41, 5.74) is 10.0. The number of hydrogen-bond donors (Lipinski definition) is 2. The number of phenolic OH excluding ortho intramolecular Hbond substituents is 2. The second-order valence-electron chi connectivity index (χ2n) is 27.0. The molecule has 8 bridgehead atoms. The minimum absolute atomic E-state index is 0.101. The summed E-state index contributed by atoms with van der Waals surface area (Å²) in [5, 5.41) is 54.3. The predicted octanol–water partition coefficient (Wildman–Crippen LogP) is 18.5. The Bertz CT molecular complexity index is 4410. The number of ether oxygens (including phenoxy) is 2. The molecule has 0 atom stereocenters. The van der Waals surface area contributed by atoms with E-state index in [0.717, 1.165) is 87.8 Å². The molecule has 1 aliphatic rings. The van der Waals surface area contributed by atoms with Crippen molar-refractivity contribution < 1.29 is 19.7 Å². The van der Waals surface area contributed by atoms with Crippen LogP contribution in [-0.2, 0) is 34.5 Å². The van der Waals surface area contributed by atoms with E-state index in [-0.39, 0.29) is 51.9 Å². The molecule has 2 aromatic heterocycles. The van der Waals surface area contributed by atoms with Crippen molar-refractivity contribution in [1.82, 2.24) is 30.0 Å². The number of aromatic nitrogens is 6. The largest absolute Gasteiger partial charge is 0.507 e. The SMILES string of the molecule is CC(C)(C)c1cc2c(Oc3cn(-c4c5ccccc5cc5ccccc45)nn3)c(c1)Cc1cc(C(C)(C)C)cc(c1O)-c1cc(C(C)(C)C)cc(c1Oc1cn(-c3c4ccccc4cc4ccccc34)nn1)-c1cc(C(C)(C)C)cc(c1O)C2. The zero-order chi connectivity index (χ0) is 58.8. The van der Waals surface area contributed by atoms with Gasteiger partial charge in [0.2, 0.25) is 0 Å². The number of hydrogen-bond acceptors (Lipinski definition) is 8. The topological polar surface area (TPSA) is 120 Å². The molecule has 2 N–H and O–H groups in total. The highest BCUT2D eigenvalue weighted by molar-refractivity contribution is 6.08. The number of aromatic hydroxyl groups is 2. The Hall–Kier alpha value is -9.28. The molecule has 10 heteroatoms. The van der Waals surface area contributed by atoms with Gasteiger partial charge >= 0.3 is 0 Å². The van der Waals surface area contributed by atoms with Crippen LogP contribution in [0.25, 0.3) is 76.7 Å². The van der Waals surface area contributed by atoms with Crippen LogP contribution in [-0.4, -0.2) is 40.2 Å². The first-order valence-corrected chi connectivity index (χ1v) is 29.0. The molecule has 1 aliphatic carbocycles. The molecule has 420 valence electrons. The zero-order valence-electron chi connectivity index (χ0n) is 50.0. The molecule has 13 rings (SSSR count). The molecule has 0 fully saturated rings. The molecule has 0 amide bonds. The normalized spacial score (nSPS) is 13.0. The zero-order valence-corrected chi connectivity index (χ0v) is 50.0. The molecule has 0 spiro atoms. The highest BCUT2D eigenvalue weighted by Gasteiger charge is 2.32. The average molecular weight is 1110 g/mol. The molecule has 0 saturated heterocycles. The van der Waals surface area contributed by atoms with Crippen molar-refractivity contribution >= 4 is 43.1 Å². The summed E-state index contributed by atoms with van der Waals surface area (Å²) in [7, 11) is 0. The van der Waals surface area contributed by atoms with Crippen LogP contribution in [0, 0.1) is 0 Å². The van der Waals surface area contributed by atoms with Gasteiger partial charge in [-0.05, 0) is 124 Å². The molecule has 12 aromatic rings. The van der Waals surface area contributed by atoms with Crippen LogP contribution in [0.3, 0.4) is 0 Å². The number of rotatable bonds is 6. The van der Waals surface area contributed by atoms with E-state index in [4.69, 9.17) is 30.1 Å². The Labute approximate surface area is 491 Å². The quantitative estimate of drug-likeness (QED) is 0.158. The lowest BCUT2D eigenvalue weighted by Crippen LogP contribution is -2.15. The van der Waals surface area contributed by atoms with Gasteiger partial charge in [0.05, 0.1) is 23.8 Å². The number of phenols is 2. The summed E-state index contributed by atoms with van der Waals surface area (Å²) in [5.74, 6) is 1.76. The monoisotopic (exact) mass is 1110 g/mol. The van der Waals surface area contributed by atoms with E-state index >= 15 is 0 Å². The molecule has 0 unspecified atom stereocenters. The fourth-order valence-corrected chi connectivity index (χ4v) is 12.0. The Morgan fingerprint density at radius 1 is 0.357 bits per heavy atom. The van der Waals surface area contributed by atoms with Gasteiger partial charge in [0.1, 0.15) is 23.0 Å². The van der Waals surface area contributed by atoms with Crippen molar-refractivity contribution in [3.8, 4) is 68.4 Å². The lowest BCUT2D eigenvalue weighted by molar-refractivity contribution is 0.446. The van der Waals surface area contributed by atoms with Gasteiger partial charge in [-0.1, -0.05) is 225 Å². The second-order valence-corrected chi connectivity index (χ2v) is 27.0. The summed E-state index contributed by atoms with van der Waals surface area (Å²) < 4.78 is 18.1. The summed E-state index contributed by atoms with van der Waals surface area (Å²) >= 11 is 0. The number of fused-ring (bicyclic) bond motifs is 14. The Kier molecular flexibility index (Phi) is 12.7. The Morgan fingerprint density at radius 2 is 0.655 bits per heavy atom. The summed E-state index contributed by atoms with van der Waals surface area (Å²) in [6.45, 7) is 26.4. The fraction of sp³-hybridized carbons (Fsp3) is 0.243. The van der Waals surface area contributed by atoms with Gasteiger partial charge in [-0.3, -0.25) is 0 Å². The van der Waals surface area contributed by atoms with E-state index in [0.29, 0.717) is 50.8 Å². The number of nitrogens with zero attached hydrogens (tertiary/aromatic N) is 6. The third kappa shape index (κ3) is 9.67. The maximum atomic E-state index is 13.4. The van der Waals surface area contributed by atoms with Crippen molar-refractivity contribution in [3.05, 3.63) is 215 Å². The van der Waals surface area contributed by atoms with E-state index in [1.807, 2.05) is 53.5 Å². The fourth-order valence-electron chi connectivity index (χ4n) is 12.0. The predicted molar refractivity (Wildman–Crippen MR) is 340 cm³/mol. The molecule has 10 aromatic carbocycles. The lowest BCUT2D eigenvalue weighted by Gasteiger charge is -2.29. The smallest absolute Gasteiger partial charge is 0.259 e. The van der Waals surface area contributed by atoms with E-state index < -0.39 is 0 Å². The first kappa shape index (κ1) is 54.0. The van der Waals surface area contributed by atoms with Gasteiger partial charge in [0, 0.05) is 56.6 Å². The van der Waals surface area contributed by atoms with Crippen molar-refractivity contribution in [2.45, 2.75) is 118 Å². The van der Waals surface area contributed by atoms with Gasteiger partial charge in [0.25, 0.3) is 11.8 Å². The van der Waals surface area contributed by atoms with Crippen molar-refractivity contribution in [2.24, 2.45) is 0 Å². The molecule has 10 nitrogen and oxygen atoms in total. The first-order chi connectivity index (χ1) is 39.9. The molecule has 0 aliphatic heterocycles. The maximum absolute atomic E-state index is 13.4. The van der Waals surface area contributed by atoms with Crippen molar-refractivity contribution in [3.63, 3.8) is 0 Å². The van der Waals surface area contributed by atoms with Crippen LogP contribution in [0.15, 0.2) is 170 Å². The van der Waals surface area contributed by atoms with Crippen LogP contribution in [0.2, 0.25) is 0 Å². The minimum Gasteiger partial charge on any atom is -0.507 e. The van der Waals surface area contributed by atoms with Crippen LogP contribution in [0.1, 0.15) is 128 Å². The van der Waals surface area contributed by atoms with Gasteiger partial charge in [0.15, 0.2) is 0 Å². The molecule has 2 heterocycles. The van der Waals surface area contributed by atoms with E-state index in [9.17, 15) is 10.2 Å². The highest BCUT2D eigenvalue weighted by atomic mass is 16.5. The second kappa shape index (κ2) is 19.7. The van der Waals surface area contributed by atoms with Crippen LogP contribution < -0.4 is 9.47 Å². The molecular formula is C74H70N6O4. The molecule has 0 saturated carbocycles. The van der Waals surface area contributed by atoms with Crippen molar-refractivity contribution in [2.75, 3.05) is 0 Å². The molecule has 0 radical (unpaired) electrons. The molecular weight excluding hydrogens is 1040 g/mol. The van der Waals surface area contributed by atoms with Gasteiger partial charge in [-0.15, -0.1) is 0 Å². The van der Waals surface area contributed by atoms with E-state index in [1.54, 1.807) is 4.68 Å². The Morgan fingerprint density at radius 3 is 1.01 bits per heavy atom. The number of benzene rings is 10. The van der Waals surface area contributed by atoms with Crippen molar-refractivity contribution in [1.29, 1.82) is 0 Å². The van der Waals surface area contributed by atoms with Crippen LogP contribution in [0.5, 0.6) is 34.8 Å². The average Bonchev–Trinajstić information content (AvgIpc) is 1.64. The first-order valence-electron chi connectivity index (χ1n) is 29.0. The van der Waals surface area contributed by atoms with Gasteiger partial charge in [-0.25, -0.2) is 9.36 Å². The summed E-state index contributed by atoms with van der Waals surface area (Å²) in [4.78, 5) is 0. The van der Waals surface area contributed by atoms with Crippen LogP contribution >= 0.6 is 0 Å².